The Morgan fingerprint density at radius 1 is 1.32 bits per heavy atom. The maximum atomic E-state index is 13.1. The molecule has 2 aliphatic heterocycles. The van der Waals surface area contributed by atoms with E-state index in [0.29, 0.717) is 29.5 Å². The van der Waals surface area contributed by atoms with E-state index in [0.717, 1.165) is 61.6 Å². The lowest BCUT2D eigenvalue weighted by Gasteiger charge is -2.37. The number of aromatic nitrogens is 1. The number of piperidine rings is 2. The Labute approximate surface area is 212 Å². The number of pyridine rings is 1. The molecule has 34 heavy (non-hydrogen) atoms. The number of nitrogens with one attached hydrogen (secondary N) is 1. The minimum absolute atomic E-state index is 0.0176. The maximum Gasteiger partial charge on any atom is 0.408 e. The fourth-order valence-electron chi connectivity index (χ4n) is 4.62. The number of nitrogens with zero attached hydrogens (tertiary/aromatic N) is 3. The molecule has 2 aromatic heterocycles. The number of aldehydes is 1. The van der Waals surface area contributed by atoms with Crippen LogP contribution in [0.4, 0.5) is 5.82 Å². The molecule has 0 atom stereocenters. The van der Waals surface area contributed by atoms with Crippen LogP contribution >= 0.6 is 27.3 Å². The highest BCUT2D eigenvalue weighted by atomic mass is 79.9. The van der Waals surface area contributed by atoms with Crippen LogP contribution in [0.3, 0.4) is 0 Å². The van der Waals surface area contributed by atoms with Gasteiger partial charge in [-0.25, -0.2) is 4.98 Å². The van der Waals surface area contributed by atoms with Crippen LogP contribution < -0.4 is 9.96 Å². The minimum atomic E-state index is -0.646. The summed E-state index contributed by atoms with van der Waals surface area (Å²) in [7, 11) is -0.646. The molecule has 8 nitrogen and oxygen atoms in total. The Balaban J connectivity index is 1.22. The molecule has 0 spiro atoms. The van der Waals surface area contributed by atoms with Gasteiger partial charge in [0.2, 0.25) is 5.91 Å². The van der Waals surface area contributed by atoms with Crippen LogP contribution in [0.15, 0.2) is 28.2 Å². The van der Waals surface area contributed by atoms with Crippen LogP contribution in [0.1, 0.15) is 40.9 Å². The molecule has 1 amide bonds. The lowest BCUT2D eigenvalue weighted by molar-refractivity contribution is -0.139. The van der Waals surface area contributed by atoms with Gasteiger partial charge in [-0.1, -0.05) is 0 Å². The Morgan fingerprint density at radius 3 is 2.74 bits per heavy atom. The van der Waals surface area contributed by atoms with Crippen LogP contribution in [0.5, 0.6) is 5.75 Å². The van der Waals surface area contributed by atoms with Crippen molar-refractivity contribution in [1.29, 1.82) is 0 Å². The molecule has 0 bridgehead atoms. The summed E-state index contributed by atoms with van der Waals surface area (Å²) in [5.74, 6) is 1.63. The molecule has 182 valence electrons. The van der Waals surface area contributed by atoms with Crippen molar-refractivity contribution >= 4 is 52.3 Å². The highest BCUT2D eigenvalue weighted by Crippen LogP contribution is 2.36. The Kier molecular flexibility index (Phi) is 8.63. The molecule has 0 saturated carbocycles. The zero-order chi connectivity index (χ0) is 24.1. The van der Waals surface area contributed by atoms with Crippen molar-refractivity contribution in [3.05, 3.63) is 38.6 Å². The molecule has 2 N–H and O–H groups in total. The highest BCUT2D eigenvalue weighted by Gasteiger charge is 2.32. The highest BCUT2D eigenvalue weighted by molar-refractivity contribution is 9.10. The monoisotopic (exact) mass is 548 g/mol. The fraction of sp³-hybridized carbons (Fsp3) is 0.522. The lowest BCUT2D eigenvalue weighted by Crippen LogP contribution is -2.47. The number of hydrogen-bond acceptors (Lipinski definition) is 8. The second kappa shape index (κ2) is 11.7. The van der Waals surface area contributed by atoms with Gasteiger partial charge in [0, 0.05) is 50.0 Å². The van der Waals surface area contributed by atoms with Gasteiger partial charge in [-0.3, -0.25) is 14.5 Å². The molecular formula is C23H30BBrN4O4S. The number of carbonyl (C=O) groups excluding carboxylic acids is 2. The standard InChI is InChI=1S/C23H30BBrN4O4S/c1-24(32)27-21-12-16(2-7-26-21)13-28-8-3-17(4-9-28)23(31)29-10-5-18(6-11-29)33-22-19(25)15-34-20(22)14-30/h2,7,12,14-15,17-18,32H,3-6,8-11,13H2,1H3,(H,26,27). The van der Waals surface area contributed by atoms with Gasteiger partial charge in [-0.15, -0.1) is 11.3 Å². The number of amides is 1. The van der Waals surface area contributed by atoms with E-state index in [-0.39, 0.29) is 17.9 Å². The van der Waals surface area contributed by atoms with Gasteiger partial charge in [0.25, 0.3) is 0 Å². The summed E-state index contributed by atoms with van der Waals surface area (Å²) in [5, 5.41) is 14.3. The molecule has 0 radical (unpaired) electrons. The smallest absolute Gasteiger partial charge is 0.408 e. The molecule has 2 aliphatic rings. The van der Waals surface area contributed by atoms with E-state index in [1.54, 1.807) is 13.0 Å². The Morgan fingerprint density at radius 2 is 2.06 bits per heavy atom. The van der Waals surface area contributed by atoms with Crippen LogP contribution in [-0.4, -0.2) is 71.3 Å². The van der Waals surface area contributed by atoms with Gasteiger partial charge in [0.1, 0.15) is 16.8 Å². The number of hydrogen-bond donors (Lipinski definition) is 2. The van der Waals surface area contributed by atoms with Crippen LogP contribution in [0.2, 0.25) is 6.82 Å². The number of likely N-dealkylation sites (tertiary alicyclic amines) is 2. The topological polar surface area (TPSA) is 95.0 Å². The molecule has 11 heteroatoms. The van der Waals surface area contributed by atoms with E-state index in [1.165, 1.54) is 11.3 Å². The van der Waals surface area contributed by atoms with Crippen molar-refractivity contribution in [2.24, 2.45) is 5.92 Å². The zero-order valence-corrected chi connectivity index (χ0v) is 21.7. The van der Waals surface area contributed by atoms with Crippen LogP contribution in [0.25, 0.3) is 0 Å². The first-order valence-corrected chi connectivity index (χ1v) is 13.4. The molecule has 0 unspecified atom stereocenters. The number of carbonyl (C=O) groups is 2. The van der Waals surface area contributed by atoms with Crippen molar-refractivity contribution in [2.45, 2.75) is 45.2 Å². The average molecular weight is 549 g/mol. The van der Waals surface area contributed by atoms with Crippen molar-refractivity contribution < 1.29 is 19.3 Å². The summed E-state index contributed by atoms with van der Waals surface area (Å²) in [4.78, 5) is 33.5. The fourth-order valence-corrected chi connectivity index (χ4v) is 5.99. The van der Waals surface area contributed by atoms with E-state index in [1.807, 2.05) is 22.4 Å². The molecule has 2 aromatic rings. The number of rotatable bonds is 8. The minimum Gasteiger partial charge on any atom is -0.487 e. The van der Waals surface area contributed by atoms with E-state index >= 15 is 0 Å². The second-order valence-corrected chi connectivity index (χ2v) is 10.7. The van der Waals surface area contributed by atoms with Gasteiger partial charge in [-0.05, 0) is 66.4 Å². The molecule has 0 aromatic carbocycles. The third kappa shape index (κ3) is 6.38. The predicted molar refractivity (Wildman–Crippen MR) is 137 cm³/mol. The summed E-state index contributed by atoms with van der Waals surface area (Å²) in [6.07, 6.45) is 5.87. The average Bonchev–Trinajstić information content (AvgIpc) is 3.18. The molecular weight excluding hydrogens is 519 g/mol. The van der Waals surface area contributed by atoms with Crippen molar-refractivity contribution in [1.82, 2.24) is 14.8 Å². The summed E-state index contributed by atoms with van der Waals surface area (Å²) in [6, 6.07) is 3.95. The summed E-state index contributed by atoms with van der Waals surface area (Å²) >= 11 is 4.82. The first kappa shape index (κ1) is 25.2. The van der Waals surface area contributed by atoms with Crippen molar-refractivity contribution in [3.8, 4) is 5.75 Å². The first-order valence-electron chi connectivity index (χ1n) is 11.7. The van der Waals surface area contributed by atoms with Crippen LogP contribution in [-0.2, 0) is 11.3 Å². The normalized spacial score (nSPS) is 18.0. The van der Waals surface area contributed by atoms with Crippen LogP contribution in [0, 0.1) is 5.92 Å². The Hall–Kier alpha value is -1.95. The summed E-state index contributed by atoms with van der Waals surface area (Å²) < 4.78 is 6.90. The molecule has 4 rings (SSSR count). The maximum absolute atomic E-state index is 13.1. The van der Waals surface area contributed by atoms with Crippen molar-refractivity contribution in [3.63, 3.8) is 0 Å². The molecule has 2 saturated heterocycles. The van der Waals surface area contributed by atoms with Crippen molar-refractivity contribution in [2.75, 3.05) is 31.4 Å². The predicted octanol–water partition coefficient (Wildman–Crippen LogP) is 3.52. The number of anilines is 1. The van der Waals surface area contributed by atoms with Gasteiger partial charge in [0.15, 0.2) is 12.0 Å². The first-order chi connectivity index (χ1) is 16.4. The summed E-state index contributed by atoms with van der Waals surface area (Å²) in [5.41, 5.74) is 1.14. The van der Waals surface area contributed by atoms with Gasteiger partial charge in [0.05, 0.1) is 4.47 Å². The van der Waals surface area contributed by atoms with Gasteiger partial charge in [-0.2, -0.15) is 0 Å². The SMILES string of the molecule is CB(O)Nc1cc(CN2CCC(C(=O)N3CCC(Oc4c(Br)csc4C=O)CC3)CC2)ccn1. The molecule has 2 fully saturated rings. The second-order valence-electron chi connectivity index (χ2n) is 8.96. The van der Waals surface area contributed by atoms with Gasteiger partial charge < -0.3 is 19.9 Å². The van der Waals surface area contributed by atoms with E-state index in [2.05, 4.69) is 31.0 Å². The number of thiophene rings is 1. The van der Waals surface area contributed by atoms with Gasteiger partial charge >= 0.3 is 7.05 Å². The quantitative estimate of drug-likeness (QED) is 0.385. The zero-order valence-electron chi connectivity index (χ0n) is 19.3. The number of halogens is 1. The molecule has 0 aliphatic carbocycles. The number of ether oxygens (including phenoxy) is 1. The molecule has 4 heterocycles. The largest absolute Gasteiger partial charge is 0.487 e. The Bertz CT molecular complexity index is 991. The van der Waals surface area contributed by atoms with E-state index in [9.17, 15) is 14.6 Å². The van der Waals surface area contributed by atoms with E-state index in [4.69, 9.17) is 4.74 Å². The summed E-state index contributed by atoms with van der Waals surface area (Å²) in [6.45, 7) is 5.63. The third-order valence-corrected chi connectivity index (χ3v) is 8.18. The third-order valence-electron chi connectivity index (χ3n) is 6.40. The lowest BCUT2D eigenvalue weighted by atomic mass is 9.89. The van der Waals surface area contributed by atoms with E-state index < -0.39 is 7.05 Å².